The second kappa shape index (κ2) is 6.41. The monoisotopic (exact) mass is 343 g/mol. The number of ether oxygens (including phenoxy) is 3. The fraction of sp³-hybridized carbons (Fsp3) is 0.750. The molecule has 0 aromatic rings. The third-order valence-corrected chi connectivity index (χ3v) is 3.24. The Morgan fingerprint density at radius 3 is 1.67 bits per heavy atom. The third-order valence-electron chi connectivity index (χ3n) is 3.24. The summed E-state index contributed by atoms with van der Waals surface area (Å²) in [5, 5.41) is 0. The number of hydrogen-bond donors (Lipinski definition) is 0. The molecule has 1 aliphatic carbocycles. The summed E-state index contributed by atoms with van der Waals surface area (Å²) in [6, 6.07) is 0. The fourth-order valence-electron chi connectivity index (χ4n) is 2.21. The number of methoxy groups -OCH3 is 1. The molecule has 2 amide bonds. The van der Waals surface area contributed by atoms with Crippen LogP contribution in [0.1, 0.15) is 48.0 Å². The lowest BCUT2D eigenvalue weighted by atomic mass is 10.1. The Balaban J connectivity index is 3.27. The molecule has 24 heavy (non-hydrogen) atoms. The van der Waals surface area contributed by atoms with Crippen molar-refractivity contribution in [3.05, 3.63) is 0 Å². The summed E-state index contributed by atoms with van der Waals surface area (Å²) in [5.74, 6) is -1.72. The lowest BCUT2D eigenvalue weighted by molar-refractivity contribution is -0.149. The number of amides is 2. The minimum atomic E-state index is -1.72. The van der Waals surface area contributed by atoms with Gasteiger partial charge in [0.15, 0.2) is 5.54 Å². The molecule has 2 atom stereocenters. The van der Waals surface area contributed by atoms with Crippen molar-refractivity contribution >= 4 is 24.4 Å². The number of rotatable bonds is 3. The normalized spacial score (nSPS) is 23.0. The van der Waals surface area contributed by atoms with Crippen molar-refractivity contribution in [3.8, 4) is 0 Å². The van der Waals surface area contributed by atoms with E-state index in [1.807, 2.05) is 0 Å². The highest BCUT2D eigenvalue weighted by Crippen LogP contribution is 2.49. The van der Waals surface area contributed by atoms with Crippen LogP contribution in [0.4, 0.5) is 9.59 Å². The number of nitrogens with zero attached hydrogens (tertiary/aromatic N) is 1. The van der Waals surface area contributed by atoms with Crippen LogP contribution in [0, 0.1) is 5.92 Å². The van der Waals surface area contributed by atoms with Crippen LogP contribution < -0.4 is 0 Å². The predicted octanol–water partition coefficient (Wildman–Crippen LogP) is 2.29. The molecule has 0 saturated heterocycles. The van der Waals surface area contributed by atoms with Crippen molar-refractivity contribution in [2.75, 3.05) is 7.11 Å². The molecule has 0 aliphatic heterocycles. The first-order chi connectivity index (χ1) is 10.8. The fourth-order valence-corrected chi connectivity index (χ4v) is 2.21. The molecule has 8 heteroatoms. The second-order valence-corrected chi connectivity index (χ2v) is 7.66. The first-order valence-electron chi connectivity index (χ1n) is 7.58. The van der Waals surface area contributed by atoms with Gasteiger partial charge in [-0.05, 0) is 48.0 Å². The van der Waals surface area contributed by atoms with Gasteiger partial charge in [0, 0.05) is 0 Å². The zero-order chi connectivity index (χ0) is 18.9. The average Bonchev–Trinajstić information content (AvgIpc) is 3.08. The topological polar surface area (TPSA) is 99.2 Å². The maximum absolute atomic E-state index is 12.5. The van der Waals surface area contributed by atoms with Gasteiger partial charge in [-0.1, -0.05) is 0 Å². The molecule has 1 saturated carbocycles. The van der Waals surface area contributed by atoms with Gasteiger partial charge in [-0.15, -0.1) is 0 Å². The van der Waals surface area contributed by atoms with Crippen molar-refractivity contribution in [1.82, 2.24) is 4.90 Å². The van der Waals surface area contributed by atoms with E-state index in [-0.39, 0.29) is 6.42 Å². The minimum absolute atomic E-state index is 0.0261. The largest absolute Gasteiger partial charge is 0.467 e. The van der Waals surface area contributed by atoms with Crippen molar-refractivity contribution < 1.29 is 33.4 Å². The van der Waals surface area contributed by atoms with Crippen LogP contribution in [0.25, 0.3) is 0 Å². The average molecular weight is 343 g/mol. The van der Waals surface area contributed by atoms with E-state index in [0.717, 1.165) is 7.11 Å². The van der Waals surface area contributed by atoms with Crippen LogP contribution in [0.2, 0.25) is 0 Å². The van der Waals surface area contributed by atoms with E-state index in [1.54, 1.807) is 41.5 Å². The Kier molecular flexibility index (Phi) is 5.32. The molecule has 0 radical (unpaired) electrons. The molecule has 0 heterocycles. The molecule has 0 unspecified atom stereocenters. The maximum atomic E-state index is 12.5. The molecule has 0 N–H and O–H groups in total. The van der Waals surface area contributed by atoms with Crippen LogP contribution in [-0.2, 0) is 23.8 Å². The number of hydrogen-bond acceptors (Lipinski definition) is 7. The van der Waals surface area contributed by atoms with Gasteiger partial charge in [0.05, 0.1) is 13.0 Å². The van der Waals surface area contributed by atoms with Gasteiger partial charge >= 0.3 is 18.2 Å². The summed E-state index contributed by atoms with van der Waals surface area (Å²) < 4.78 is 15.1. The van der Waals surface area contributed by atoms with Crippen LogP contribution in [0.3, 0.4) is 0 Å². The van der Waals surface area contributed by atoms with Gasteiger partial charge in [-0.25, -0.2) is 14.4 Å². The van der Waals surface area contributed by atoms with E-state index in [4.69, 9.17) is 14.2 Å². The Bertz CT molecular complexity index is 516. The summed E-state index contributed by atoms with van der Waals surface area (Å²) >= 11 is 0. The van der Waals surface area contributed by atoms with Gasteiger partial charge < -0.3 is 19.0 Å². The zero-order valence-electron chi connectivity index (χ0n) is 15.2. The van der Waals surface area contributed by atoms with Gasteiger partial charge in [0.25, 0.3) is 0 Å². The predicted molar refractivity (Wildman–Crippen MR) is 83.2 cm³/mol. The second-order valence-electron chi connectivity index (χ2n) is 7.66. The molecule has 0 aromatic carbocycles. The van der Waals surface area contributed by atoms with Crippen LogP contribution in [0.5, 0.6) is 0 Å². The van der Waals surface area contributed by atoms with Gasteiger partial charge in [-0.2, -0.15) is 4.90 Å². The molecular weight excluding hydrogens is 318 g/mol. The van der Waals surface area contributed by atoms with E-state index < -0.39 is 40.8 Å². The van der Waals surface area contributed by atoms with Gasteiger partial charge in [0.2, 0.25) is 0 Å². The van der Waals surface area contributed by atoms with Gasteiger partial charge in [0.1, 0.15) is 17.5 Å². The summed E-state index contributed by atoms with van der Waals surface area (Å²) in [7, 11) is 1.12. The first kappa shape index (κ1) is 19.9. The molecule has 1 aliphatic rings. The number of carbonyl (C=O) groups excluding carboxylic acids is 4. The standard InChI is InChI=1S/C16H25NO7/c1-14(2,3)23-12(20)17(13(21)24-15(4,5)6)16(11(19)22-7)8-10(16)9-18/h9-10H,8H2,1-7H3/t10-,16+/m1/s1. The van der Waals surface area contributed by atoms with Crippen molar-refractivity contribution in [1.29, 1.82) is 0 Å². The Hall–Kier alpha value is -2.12. The van der Waals surface area contributed by atoms with Crippen molar-refractivity contribution in [2.24, 2.45) is 5.92 Å². The summed E-state index contributed by atoms with van der Waals surface area (Å²) in [5.41, 5.74) is -3.53. The number of aldehydes is 1. The van der Waals surface area contributed by atoms with E-state index in [0.29, 0.717) is 11.2 Å². The van der Waals surface area contributed by atoms with Gasteiger partial charge in [-0.3, -0.25) is 0 Å². The van der Waals surface area contributed by atoms with E-state index >= 15 is 0 Å². The molecule has 0 aromatic heterocycles. The number of esters is 1. The lowest BCUT2D eigenvalue weighted by Crippen LogP contribution is -2.55. The molecular formula is C16H25NO7. The molecule has 8 nitrogen and oxygen atoms in total. The first-order valence-corrected chi connectivity index (χ1v) is 7.58. The van der Waals surface area contributed by atoms with E-state index in [2.05, 4.69) is 0 Å². The Morgan fingerprint density at radius 2 is 1.42 bits per heavy atom. The summed E-state index contributed by atoms with van der Waals surface area (Å²) in [6.45, 7) is 9.71. The number of imide groups is 1. The summed E-state index contributed by atoms with van der Waals surface area (Å²) in [4.78, 5) is 49.0. The highest BCUT2D eigenvalue weighted by atomic mass is 16.6. The SMILES string of the molecule is COC(=O)[C@]1(N(C(=O)OC(C)(C)C)C(=O)OC(C)(C)C)C[C@@H]1C=O. The molecule has 0 spiro atoms. The smallest absolute Gasteiger partial charge is 0.420 e. The molecule has 136 valence electrons. The minimum Gasteiger partial charge on any atom is -0.467 e. The molecule has 1 fully saturated rings. The molecule has 1 rings (SSSR count). The Labute approximate surface area is 141 Å². The van der Waals surface area contributed by atoms with Crippen LogP contribution >= 0.6 is 0 Å². The third kappa shape index (κ3) is 4.24. The summed E-state index contributed by atoms with van der Waals surface area (Å²) in [6.07, 6.45) is -1.64. The highest BCUT2D eigenvalue weighted by Gasteiger charge is 2.70. The van der Waals surface area contributed by atoms with E-state index in [1.165, 1.54) is 0 Å². The number of carbonyl (C=O) groups is 4. The lowest BCUT2D eigenvalue weighted by Gasteiger charge is -2.32. The van der Waals surface area contributed by atoms with E-state index in [9.17, 15) is 19.2 Å². The highest BCUT2D eigenvalue weighted by molar-refractivity contribution is 6.01. The quantitative estimate of drug-likeness (QED) is 0.440. The van der Waals surface area contributed by atoms with Crippen LogP contribution in [-0.4, -0.2) is 53.2 Å². The van der Waals surface area contributed by atoms with Crippen molar-refractivity contribution in [2.45, 2.75) is 64.7 Å². The zero-order valence-corrected chi connectivity index (χ0v) is 15.2. The Morgan fingerprint density at radius 1 is 1.00 bits per heavy atom. The maximum Gasteiger partial charge on any atom is 0.420 e. The van der Waals surface area contributed by atoms with Crippen LogP contribution in [0.15, 0.2) is 0 Å². The van der Waals surface area contributed by atoms with Crippen molar-refractivity contribution in [3.63, 3.8) is 0 Å². The molecule has 0 bridgehead atoms.